The van der Waals surface area contributed by atoms with E-state index in [1.165, 1.54) is 7.11 Å². The third-order valence-electron chi connectivity index (χ3n) is 9.82. The molecule has 53 heavy (non-hydrogen) atoms. The topological polar surface area (TPSA) is 157 Å². The van der Waals surface area contributed by atoms with Gasteiger partial charge in [-0.15, -0.1) is 0 Å². The van der Waals surface area contributed by atoms with E-state index in [2.05, 4.69) is 30.2 Å². The van der Waals surface area contributed by atoms with Crippen LogP contribution in [-0.4, -0.2) is 102 Å². The van der Waals surface area contributed by atoms with Crippen molar-refractivity contribution in [1.82, 2.24) is 29.4 Å². The molecule has 3 N–H and O–H groups in total. The molecule has 2 atom stereocenters. The Balaban J connectivity index is 1.01. The van der Waals surface area contributed by atoms with Gasteiger partial charge < -0.3 is 25.3 Å². The molecule has 3 heterocycles. The van der Waals surface area contributed by atoms with Crippen molar-refractivity contribution in [2.75, 3.05) is 50.9 Å². The van der Waals surface area contributed by atoms with Crippen LogP contribution in [0, 0.1) is 0 Å². The van der Waals surface area contributed by atoms with E-state index in [9.17, 15) is 22.8 Å². The van der Waals surface area contributed by atoms with Crippen LogP contribution in [0.1, 0.15) is 60.9 Å². The predicted molar refractivity (Wildman–Crippen MR) is 203 cm³/mol. The smallest absolute Gasteiger partial charge is 0.407 e. The van der Waals surface area contributed by atoms with Gasteiger partial charge in [0.25, 0.3) is 5.91 Å². The molecule has 1 aromatic heterocycles. The van der Waals surface area contributed by atoms with Gasteiger partial charge in [-0.05, 0) is 72.7 Å². The summed E-state index contributed by atoms with van der Waals surface area (Å²) >= 11 is 0. The van der Waals surface area contributed by atoms with Gasteiger partial charge in [0.15, 0.2) is 0 Å². The summed E-state index contributed by atoms with van der Waals surface area (Å²) < 4.78 is 30.9. The number of aromatic amines is 1. The first-order valence-corrected chi connectivity index (χ1v) is 19.7. The third-order valence-corrected chi connectivity index (χ3v) is 11.9. The number of anilines is 1. The van der Waals surface area contributed by atoms with E-state index in [-0.39, 0.29) is 23.6 Å². The van der Waals surface area contributed by atoms with Gasteiger partial charge >= 0.3 is 6.09 Å². The maximum Gasteiger partial charge on any atom is 0.407 e. The minimum Gasteiger partial charge on any atom is -0.453 e. The van der Waals surface area contributed by atoms with Crippen molar-refractivity contribution in [2.24, 2.45) is 0 Å². The number of carbonyl (C=O) groups excluding carboxylic acids is 3. The number of amides is 3. The fourth-order valence-corrected chi connectivity index (χ4v) is 8.37. The average Bonchev–Trinajstić information content (AvgIpc) is 3.86. The second-order valence-corrected chi connectivity index (χ2v) is 15.6. The highest BCUT2D eigenvalue weighted by Gasteiger charge is 2.35. The molecule has 280 valence electrons. The Morgan fingerprint density at radius 1 is 0.906 bits per heavy atom. The molecule has 2 fully saturated rings. The fraction of sp³-hybridized carbons (Fsp3) is 0.385. The second kappa shape index (κ2) is 16.7. The van der Waals surface area contributed by atoms with Crippen molar-refractivity contribution in [2.45, 2.75) is 51.7 Å². The van der Waals surface area contributed by atoms with Crippen molar-refractivity contribution in [3.63, 3.8) is 0 Å². The monoisotopic (exact) mass is 741 g/mol. The summed E-state index contributed by atoms with van der Waals surface area (Å²) in [6.07, 6.45) is 3.37. The molecule has 0 saturated carbocycles. The summed E-state index contributed by atoms with van der Waals surface area (Å²) in [5, 5.41) is 5.52. The highest BCUT2D eigenvalue weighted by atomic mass is 32.2. The Morgan fingerprint density at radius 2 is 1.55 bits per heavy atom. The number of hydrogen-bond acceptors (Lipinski definition) is 8. The normalized spacial score (nSPS) is 17.3. The fourth-order valence-electron chi connectivity index (χ4n) is 6.88. The quantitative estimate of drug-likeness (QED) is 0.178. The summed E-state index contributed by atoms with van der Waals surface area (Å²) in [6, 6.07) is 22.4. The zero-order valence-electron chi connectivity index (χ0n) is 30.4. The van der Waals surface area contributed by atoms with Gasteiger partial charge in [-0.2, -0.15) is 4.31 Å². The summed E-state index contributed by atoms with van der Waals surface area (Å²) in [7, 11) is -1.90. The second-order valence-electron chi connectivity index (χ2n) is 13.5. The van der Waals surface area contributed by atoms with E-state index in [0.29, 0.717) is 56.2 Å². The SMILES string of the molecule is CCCS(=O)(=O)N1CCN(Cc2ccc(NC(=O)c3ccc(-c4ccc(-c5cnc([C@@H]6CCCN6C(=O)[C@H](C)NC(=O)OC)[nH]5)cc4)cc3)cc2)CC1. The van der Waals surface area contributed by atoms with Gasteiger partial charge in [0.2, 0.25) is 15.9 Å². The molecular formula is C39H47N7O6S. The largest absolute Gasteiger partial charge is 0.453 e. The Bertz CT molecular complexity index is 1990. The van der Waals surface area contributed by atoms with Gasteiger partial charge in [-0.1, -0.05) is 55.5 Å². The van der Waals surface area contributed by atoms with Crippen LogP contribution in [0.25, 0.3) is 22.4 Å². The molecule has 0 unspecified atom stereocenters. The van der Waals surface area contributed by atoms with E-state index in [0.717, 1.165) is 47.3 Å². The van der Waals surface area contributed by atoms with Crippen molar-refractivity contribution in [3.05, 3.63) is 95.9 Å². The van der Waals surface area contributed by atoms with Crippen molar-refractivity contribution in [3.8, 4) is 22.4 Å². The van der Waals surface area contributed by atoms with Crippen LogP contribution in [0.2, 0.25) is 0 Å². The van der Waals surface area contributed by atoms with Crippen LogP contribution in [0.5, 0.6) is 0 Å². The van der Waals surface area contributed by atoms with Gasteiger partial charge in [0.1, 0.15) is 11.9 Å². The first-order valence-electron chi connectivity index (χ1n) is 18.1. The first kappa shape index (κ1) is 37.7. The van der Waals surface area contributed by atoms with Crippen LogP contribution < -0.4 is 10.6 Å². The molecule has 6 rings (SSSR count). The number of methoxy groups -OCH3 is 1. The van der Waals surface area contributed by atoms with E-state index >= 15 is 0 Å². The number of nitrogens with zero attached hydrogens (tertiary/aromatic N) is 4. The number of carbonyl (C=O) groups is 3. The van der Waals surface area contributed by atoms with Gasteiger partial charge in [-0.3, -0.25) is 14.5 Å². The number of piperazine rings is 1. The predicted octanol–water partition coefficient (Wildman–Crippen LogP) is 5.26. The number of ether oxygens (including phenoxy) is 1. The summed E-state index contributed by atoms with van der Waals surface area (Å²) in [5.74, 6) is 0.525. The number of nitrogens with one attached hydrogen (secondary N) is 3. The lowest BCUT2D eigenvalue weighted by molar-refractivity contribution is -0.134. The van der Waals surface area contributed by atoms with Crippen molar-refractivity contribution in [1.29, 1.82) is 0 Å². The number of sulfonamides is 1. The Kier molecular flexibility index (Phi) is 11.9. The highest BCUT2D eigenvalue weighted by molar-refractivity contribution is 7.89. The molecule has 0 radical (unpaired) electrons. The van der Waals surface area contributed by atoms with Gasteiger partial charge in [0.05, 0.1) is 30.8 Å². The third kappa shape index (κ3) is 9.13. The zero-order chi connectivity index (χ0) is 37.5. The van der Waals surface area contributed by atoms with Crippen LogP contribution in [0.4, 0.5) is 10.5 Å². The molecule has 13 nitrogen and oxygen atoms in total. The van der Waals surface area contributed by atoms with E-state index in [1.54, 1.807) is 22.3 Å². The van der Waals surface area contributed by atoms with Crippen LogP contribution in [-0.2, 0) is 26.1 Å². The molecule has 0 aliphatic carbocycles. The molecule has 2 aliphatic heterocycles. The first-order chi connectivity index (χ1) is 25.5. The lowest BCUT2D eigenvalue weighted by atomic mass is 10.0. The molecule has 3 aromatic carbocycles. The average molecular weight is 742 g/mol. The minimum absolute atomic E-state index is 0.180. The number of rotatable bonds is 12. The summed E-state index contributed by atoms with van der Waals surface area (Å²) in [4.78, 5) is 49.7. The number of imidazole rings is 1. The maximum atomic E-state index is 13.1. The van der Waals surface area contributed by atoms with E-state index < -0.39 is 22.2 Å². The van der Waals surface area contributed by atoms with Crippen LogP contribution in [0.15, 0.2) is 79.0 Å². The maximum absolute atomic E-state index is 13.1. The number of benzene rings is 3. The van der Waals surface area contributed by atoms with E-state index in [4.69, 9.17) is 0 Å². The highest BCUT2D eigenvalue weighted by Crippen LogP contribution is 2.32. The molecular weight excluding hydrogens is 695 g/mol. The van der Waals surface area contributed by atoms with E-state index in [1.807, 2.05) is 79.7 Å². The molecule has 0 spiro atoms. The number of likely N-dealkylation sites (tertiary alicyclic amines) is 1. The molecule has 2 saturated heterocycles. The molecule has 14 heteroatoms. The Morgan fingerprint density at radius 3 is 2.19 bits per heavy atom. The van der Waals surface area contributed by atoms with Crippen molar-refractivity contribution < 1.29 is 27.5 Å². The summed E-state index contributed by atoms with van der Waals surface area (Å²) in [5.41, 5.74) is 6.11. The lowest BCUT2D eigenvalue weighted by Gasteiger charge is -2.34. The summed E-state index contributed by atoms with van der Waals surface area (Å²) in [6.45, 7) is 7.25. The zero-order valence-corrected chi connectivity index (χ0v) is 31.2. The lowest BCUT2D eigenvalue weighted by Crippen LogP contribution is -2.48. The Hall–Kier alpha value is -5.05. The van der Waals surface area contributed by atoms with Crippen LogP contribution in [0.3, 0.4) is 0 Å². The minimum atomic E-state index is -3.16. The molecule has 0 bridgehead atoms. The number of H-pyrrole nitrogens is 1. The van der Waals surface area contributed by atoms with Crippen LogP contribution >= 0.6 is 0 Å². The number of aromatic nitrogens is 2. The van der Waals surface area contributed by atoms with Gasteiger partial charge in [0, 0.05) is 50.5 Å². The molecule has 2 aliphatic rings. The number of hydrogen-bond donors (Lipinski definition) is 3. The molecule has 3 amide bonds. The standard InChI is InChI=1S/C39H47N7O6S/c1-4-24-53(50,51)45-22-20-44(21-23-45)26-28-7-17-33(18-8-28)42-37(47)32-15-11-30(12-16-32)29-9-13-31(14-10-29)34-25-40-36(43-34)35-6-5-19-46(35)38(48)27(2)41-39(49)52-3/h7-18,25,27,35H,4-6,19-24,26H2,1-3H3,(H,40,43)(H,41,49)(H,42,47)/t27-,35-/m0/s1. The molecule has 4 aromatic rings. The van der Waals surface area contributed by atoms with Gasteiger partial charge in [-0.25, -0.2) is 18.2 Å². The van der Waals surface area contributed by atoms with Crippen molar-refractivity contribution >= 4 is 33.6 Å². The number of alkyl carbamates (subject to hydrolysis) is 1. The Labute approximate surface area is 310 Å².